The predicted molar refractivity (Wildman–Crippen MR) is 117 cm³/mol. The van der Waals surface area contributed by atoms with E-state index < -0.39 is 0 Å². The molecule has 0 bridgehead atoms. The van der Waals surface area contributed by atoms with Gasteiger partial charge in [0.05, 0.1) is 23.0 Å². The molecule has 0 spiro atoms. The Kier molecular flexibility index (Phi) is 4.84. The average molecular weight is 392 g/mol. The number of allylic oxidation sites excluding steroid dienone is 1. The molecule has 0 fully saturated rings. The summed E-state index contributed by atoms with van der Waals surface area (Å²) in [5.74, 6) is 0.233. The van der Waals surface area contributed by atoms with Crippen molar-refractivity contribution in [2.75, 3.05) is 7.11 Å². The van der Waals surface area contributed by atoms with Crippen LogP contribution in [-0.2, 0) is 16.6 Å². The molecule has 1 aromatic heterocycles. The van der Waals surface area contributed by atoms with Gasteiger partial charge in [-0.2, -0.15) is 0 Å². The Balaban J connectivity index is 1.92. The number of hydrogen-bond acceptors (Lipinski definition) is 3. The second kappa shape index (κ2) is 7.17. The van der Waals surface area contributed by atoms with Crippen LogP contribution in [0.25, 0.3) is 16.5 Å². The first-order valence-corrected chi connectivity index (χ1v) is 10.4. The highest BCUT2D eigenvalue weighted by atomic mass is 32.2. The summed E-state index contributed by atoms with van der Waals surface area (Å²) < 4.78 is 7.43. The number of fused-ring (bicyclic) bond motifs is 3. The van der Waals surface area contributed by atoms with E-state index in [0.717, 1.165) is 22.3 Å². The van der Waals surface area contributed by atoms with Crippen molar-refractivity contribution in [1.82, 2.24) is 4.57 Å². The highest BCUT2D eigenvalue weighted by Crippen LogP contribution is 2.52. The molecule has 3 aromatic rings. The lowest BCUT2D eigenvalue weighted by atomic mass is 9.93. The molecular formula is C24H25NO2S. The van der Waals surface area contributed by atoms with Gasteiger partial charge >= 0.3 is 5.97 Å². The highest BCUT2D eigenvalue weighted by Gasteiger charge is 2.35. The number of rotatable bonds is 3. The van der Waals surface area contributed by atoms with Crippen LogP contribution in [0.3, 0.4) is 0 Å². The summed E-state index contributed by atoms with van der Waals surface area (Å²) in [6.45, 7) is 6.43. The predicted octanol–water partition coefficient (Wildman–Crippen LogP) is 6.10. The van der Waals surface area contributed by atoms with Gasteiger partial charge in [0, 0.05) is 23.5 Å². The van der Waals surface area contributed by atoms with Crippen LogP contribution in [-0.4, -0.2) is 17.6 Å². The maximum atomic E-state index is 12.8. The molecule has 0 aliphatic carbocycles. The smallest absolute Gasteiger partial charge is 0.335 e. The van der Waals surface area contributed by atoms with Gasteiger partial charge in [-0.05, 0) is 35.6 Å². The van der Waals surface area contributed by atoms with Crippen LogP contribution >= 0.6 is 11.8 Å². The number of methoxy groups -OCH3 is 1. The van der Waals surface area contributed by atoms with E-state index in [4.69, 9.17) is 4.74 Å². The van der Waals surface area contributed by atoms with Crippen molar-refractivity contribution in [2.24, 2.45) is 7.05 Å². The van der Waals surface area contributed by atoms with Gasteiger partial charge in [0.15, 0.2) is 0 Å². The lowest BCUT2D eigenvalue weighted by Crippen LogP contribution is -2.17. The number of nitrogens with zero attached hydrogens (tertiary/aromatic N) is 1. The summed E-state index contributed by atoms with van der Waals surface area (Å²) >= 11 is 1.74. The topological polar surface area (TPSA) is 31.2 Å². The van der Waals surface area contributed by atoms with E-state index in [1.165, 1.54) is 28.6 Å². The third-order valence-corrected chi connectivity index (χ3v) is 7.08. The first-order valence-electron chi connectivity index (χ1n) is 9.57. The van der Waals surface area contributed by atoms with E-state index in [9.17, 15) is 4.79 Å². The second-order valence-corrected chi connectivity index (χ2v) is 8.70. The van der Waals surface area contributed by atoms with Gasteiger partial charge < -0.3 is 9.30 Å². The van der Waals surface area contributed by atoms with Crippen molar-refractivity contribution < 1.29 is 9.53 Å². The summed E-state index contributed by atoms with van der Waals surface area (Å²) in [6.07, 6.45) is 0. The largest absolute Gasteiger partial charge is 0.466 e. The standard InChI is InChI=1S/C24H25NO2S/c1-14(2)16-10-12-17(13-11-16)22-21(24(26)27-5)15(3)20-18-8-6-7-9-19(18)25(4)23(20)28-22/h6-14,22H,1-5H3. The molecule has 28 heavy (non-hydrogen) atoms. The molecule has 1 unspecified atom stereocenters. The number of aryl methyl sites for hydroxylation is 1. The average Bonchev–Trinajstić information content (AvgIpc) is 3.00. The van der Waals surface area contributed by atoms with Gasteiger partial charge in [-0.25, -0.2) is 4.79 Å². The number of ether oxygens (including phenoxy) is 1. The number of benzene rings is 2. The molecule has 1 aliphatic rings. The normalized spacial score (nSPS) is 16.6. The van der Waals surface area contributed by atoms with E-state index in [0.29, 0.717) is 5.92 Å². The molecule has 0 amide bonds. The third-order valence-electron chi connectivity index (χ3n) is 5.64. The zero-order valence-electron chi connectivity index (χ0n) is 16.9. The van der Waals surface area contributed by atoms with Gasteiger partial charge in [-0.1, -0.05) is 68.1 Å². The van der Waals surface area contributed by atoms with E-state index in [-0.39, 0.29) is 11.2 Å². The number of aromatic nitrogens is 1. The number of para-hydroxylation sites is 1. The summed E-state index contributed by atoms with van der Waals surface area (Å²) in [5.41, 5.74) is 6.52. The van der Waals surface area contributed by atoms with Gasteiger partial charge in [0.25, 0.3) is 0 Å². The molecule has 2 aromatic carbocycles. The van der Waals surface area contributed by atoms with E-state index in [2.05, 4.69) is 74.0 Å². The molecule has 3 nitrogen and oxygen atoms in total. The fourth-order valence-electron chi connectivity index (χ4n) is 4.03. The fourth-order valence-corrected chi connectivity index (χ4v) is 5.58. The minimum atomic E-state index is -0.249. The van der Waals surface area contributed by atoms with Gasteiger partial charge in [-0.15, -0.1) is 0 Å². The van der Waals surface area contributed by atoms with Gasteiger partial charge in [0.2, 0.25) is 0 Å². The molecule has 0 saturated carbocycles. The fraction of sp³-hybridized carbons (Fsp3) is 0.292. The Hall–Kier alpha value is -2.46. The molecule has 0 N–H and O–H groups in total. The summed E-state index contributed by atoms with van der Waals surface area (Å²) in [4.78, 5) is 12.8. The van der Waals surface area contributed by atoms with E-state index in [1.807, 2.05) is 6.92 Å². The molecular weight excluding hydrogens is 366 g/mol. The molecule has 4 rings (SSSR count). The van der Waals surface area contributed by atoms with Crippen LogP contribution in [0.15, 0.2) is 59.1 Å². The summed E-state index contributed by atoms with van der Waals surface area (Å²) in [6, 6.07) is 17.0. The molecule has 4 heteroatoms. The number of carbonyl (C=O) groups excluding carboxylic acids is 1. The Morgan fingerprint density at radius 2 is 1.79 bits per heavy atom. The highest BCUT2D eigenvalue weighted by molar-refractivity contribution is 7.99. The van der Waals surface area contributed by atoms with Crippen molar-refractivity contribution in [3.05, 3.63) is 70.8 Å². The summed E-state index contributed by atoms with van der Waals surface area (Å²) in [7, 11) is 3.56. The molecule has 1 atom stereocenters. The number of thioether (sulfide) groups is 1. The zero-order chi connectivity index (χ0) is 20.0. The summed E-state index contributed by atoms with van der Waals surface area (Å²) in [5, 5.41) is 2.30. The van der Waals surface area contributed by atoms with Gasteiger partial charge in [0.1, 0.15) is 0 Å². The maximum absolute atomic E-state index is 12.8. The Morgan fingerprint density at radius 1 is 1.11 bits per heavy atom. The van der Waals surface area contributed by atoms with Crippen molar-refractivity contribution >= 4 is 34.2 Å². The van der Waals surface area contributed by atoms with Crippen molar-refractivity contribution in [2.45, 2.75) is 37.0 Å². The molecule has 1 aliphatic heterocycles. The molecule has 144 valence electrons. The Labute approximate surface area is 170 Å². The van der Waals surface area contributed by atoms with Crippen LogP contribution in [0.4, 0.5) is 0 Å². The maximum Gasteiger partial charge on any atom is 0.335 e. The van der Waals surface area contributed by atoms with Gasteiger partial charge in [-0.3, -0.25) is 0 Å². The first-order chi connectivity index (χ1) is 13.4. The van der Waals surface area contributed by atoms with Crippen LogP contribution in [0.1, 0.15) is 48.6 Å². The van der Waals surface area contributed by atoms with E-state index >= 15 is 0 Å². The first kappa shape index (κ1) is 18.9. The van der Waals surface area contributed by atoms with E-state index in [1.54, 1.807) is 11.8 Å². The van der Waals surface area contributed by atoms with Crippen LogP contribution in [0.2, 0.25) is 0 Å². The monoisotopic (exact) mass is 391 g/mol. The molecule has 0 saturated heterocycles. The van der Waals surface area contributed by atoms with Crippen LogP contribution < -0.4 is 0 Å². The lowest BCUT2D eigenvalue weighted by Gasteiger charge is -2.27. The molecule has 2 heterocycles. The lowest BCUT2D eigenvalue weighted by molar-refractivity contribution is -0.136. The molecule has 0 radical (unpaired) electrons. The minimum Gasteiger partial charge on any atom is -0.466 e. The van der Waals surface area contributed by atoms with Crippen molar-refractivity contribution in [3.63, 3.8) is 0 Å². The minimum absolute atomic E-state index is 0.0795. The number of esters is 1. The van der Waals surface area contributed by atoms with Crippen molar-refractivity contribution in [1.29, 1.82) is 0 Å². The Bertz CT molecular complexity index is 1090. The number of carbonyl (C=O) groups is 1. The third kappa shape index (κ3) is 2.87. The SMILES string of the molecule is COC(=O)C1=C(C)c2c(n(C)c3ccccc23)SC1c1ccc(C(C)C)cc1. The zero-order valence-corrected chi connectivity index (χ0v) is 17.8. The second-order valence-electron chi connectivity index (χ2n) is 7.61. The Morgan fingerprint density at radius 3 is 2.43 bits per heavy atom. The van der Waals surface area contributed by atoms with Crippen LogP contribution in [0, 0.1) is 0 Å². The van der Waals surface area contributed by atoms with Crippen LogP contribution in [0.5, 0.6) is 0 Å². The van der Waals surface area contributed by atoms with Crippen molar-refractivity contribution in [3.8, 4) is 0 Å². The number of hydrogen-bond donors (Lipinski definition) is 0. The quantitative estimate of drug-likeness (QED) is 0.506.